The predicted molar refractivity (Wildman–Crippen MR) is 114 cm³/mol. The van der Waals surface area contributed by atoms with Gasteiger partial charge in [0.25, 0.3) is 5.56 Å². The first-order valence-electron chi connectivity index (χ1n) is 9.55. The zero-order chi connectivity index (χ0) is 19.0. The Labute approximate surface area is 167 Å². The van der Waals surface area contributed by atoms with Crippen LogP contribution in [0.1, 0.15) is 37.6 Å². The van der Waals surface area contributed by atoms with E-state index < -0.39 is 0 Å². The minimum Gasteiger partial charge on any atom is -0.494 e. The second-order valence-electron chi connectivity index (χ2n) is 6.93. The van der Waals surface area contributed by atoms with Crippen LogP contribution in [0.15, 0.2) is 34.2 Å². The van der Waals surface area contributed by atoms with Crippen LogP contribution >= 0.6 is 23.1 Å². The fourth-order valence-corrected chi connectivity index (χ4v) is 5.85. The van der Waals surface area contributed by atoms with E-state index in [1.807, 2.05) is 31.2 Å². The molecule has 1 unspecified atom stereocenters. The molecule has 0 amide bonds. The van der Waals surface area contributed by atoms with Gasteiger partial charge in [0.2, 0.25) is 0 Å². The van der Waals surface area contributed by atoms with Crippen LogP contribution in [0, 0.1) is 5.92 Å². The number of thioether (sulfide) groups is 1. The molecule has 1 aromatic carbocycles. The molecular formula is C21H24N2O2S2. The molecule has 0 fully saturated rings. The second-order valence-corrected chi connectivity index (χ2v) is 9.24. The van der Waals surface area contributed by atoms with Crippen molar-refractivity contribution in [1.29, 1.82) is 0 Å². The highest BCUT2D eigenvalue weighted by atomic mass is 32.2. The fraction of sp³-hybridized carbons (Fsp3) is 0.429. The predicted octanol–water partition coefficient (Wildman–Crippen LogP) is 5.08. The molecule has 27 heavy (non-hydrogen) atoms. The summed E-state index contributed by atoms with van der Waals surface area (Å²) < 4.78 is 7.32. The molecule has 0 spiro atoms. The minimum atomic E-state index is 0.0622. The third-order valence-corrected chi connectivity index (χ3v) is 6.95. The standard InChI is InChI=1S/C21H24N2O2S2/c1-4-25-15-9-7-14(8-10-15)23-20(24)18-16-11-6-13(3)12-17(16)27-19(18)22-21(23)26-5-2/h7-10,13H,4-6,11-12H2,1-3H3. The Hall–Kier alpha value is -1.79. The van der Waals surface area contributed by atoms with Crippen molar-refractivity contribution in [2.75, 3.05) is 12.4 Å². The lowest BCUT2D eigenvalue weighted by Crippen LogP contribution is -2.22. The van der Waals surface area contributed by atoms with Gasteiger partial charge in [-0.1, -0.05) is 25.6 Å². The Balaban J connectivity index is 1.91. The highest BCUT2D eigenvalue weighted by Crippen LogP contribution is 2.37. The maximum atomic E-state index is 13.5. The average Bonchev–Trinajstić information content (AvgIpc) is 3.01. The van der Waals surface area contributed by atoms with Crippen molar-refractivity contribution < 1.29 is 4.74 Å². The molecule has 0 N–H and O–H groups in total. The number of rotatable bonds is 5. The first kappa shape index (κ1) is 18.6. The maximum Gasteiger partial charge on any atom is 0.267 e. The lowest BCUT2D eigenvalue weighted by Gasteiger charge is -2.17. The fourth-order valence-electron chi connectivity index (χ4n) is 3.68. The molecule has 2 heterocycles. The zero-order valence-electron chi connectivity index (χ0n) is 15.9. The van der Waals surface area contributed by atoms with Crippen LogP contribution in [0.5, 0.6) is 5.75 Å². The number of hydrogen-bond donors (Lipinski definition) is 0. The van der Waals surface area contributed by atoms with Crippen LogP contribution in [0.3, 0.4) is 0 Å². The van der Waals surface area contributed by atoms with Crippen LogP contribution in [-0.2, 0) is 12.8 Å². The lowest BCUT2D eigenvalue weighted by molar-refractivity contribution is 0.340. The Morgan fingerprint density at radius 2 is 2.07 bits per heavy atom. The molecule has 0 saturated carbocycles. The van der Waals surface area contributed by atoms with E-state index >= 15 is 0 Å². The second kappa shape index (κ2) is 7.68. The topological polar surface area (TPSA) is 44.1 Å². The van der Waals surface area contributed by atoms with E-state index in [1.54, 1.807) is 27.7 Å². The summed E-state index contributed by atoms with van der Waals surface area (Å²) in [6.07, 6.45) is 3.19. The first-order chi connectivity index (χ1) is 13.1. The van der Waals surface area contributed by atoms with Gasteiger partial charge in [0.05, 0.1) is 17.7 Å². The van der Waals surface area contributed by atoms with Gasteiger partial charge >= 0.3 is 0 Å². The first-order valence-corrected chi connectivity index (χ1v) is 11.4. The Morgan fingerprint density at radius 3 is 2.78 bits per heavy atom. The lowest BCUT2D eigenvalue weighted by atomic mass is 9.89. The summed E-state index contributed by atoms with van der Waals surface area (Å²) in [6, 6.07) is 7.72. The van der Waals surface area contributed by atoms with Crippen molar-refractivity contribution in [3.8, 4) is 11.4 Å². The van der Waals surface area contributed by atoms with Crippen LogP contribution in [0.4, 0.5) is 0 Å². The Bertz CT molecular complexity index is 1020. The molecule has 0 bridgehead atoms. The molecule has 4 nitrogen and oxygen atoms in total. The van der Waals surface area contributed by atoms with E-state index in [4.69, 9.17) is 9.72 Å². The van der Waals surface area contributed by atoms with Crippen LogP contribution in [0.2, 0.25) is 0 Å². The van der Waals surface area contributed by atoms with Gasteiger partial charge in [-0.3, -0.25) is 9.36 Å². The molecule has 0 radical (unpaired) electrons. The minimum absolute atomic E-state index is 0.0622. The van der Waals surface area contributed by atoms with Crippen LogP contribution in [0.25, 0.3) is 15.9 Å². The van der Waals surface area contributed by atoms with Crippen molar-refractivity contribution in [1.82, 2.24) is 9.55 Å². The molecule has 1 aliphatic rings. The SMILES string of the molecule is CCOc1ccc(-n2c(SCC)nc3sc4c(c3c2=O)CCC(C)C4)cc1. The van der Waals surface area contributed by atoms with E-state index in [-0.39, 0.29) is 5.56 Å². The molecular weight excluding hydrogens is 376 g/mol. The van der Waals surface area contributed by atoms with Gasteiger partial charge in [0.1, 0.15) is 10.6 Å². The number of aryl methyl sites for hydroxylation is 1. The van der Waals surface area contributed by atoms with Crippen molar-refractivity contribution in [3.05, 3.63) is 45.1 Å². The highest BCUT2D eigenvalue weighted by Gasteiger charge is 2.25. The van der Waals surface area contributed by atoms with Crippen molar-refractivity contribution in [3.63, 3.8) is 0 Å². The molecule has 1 atom stereocenters. The number of nitrogens with zero attached hydrogens (tertiary/aromatic N) is 2. The Morgan fingerprint density at radius 1 is 1.30 bits per heavy atom. The maximum absolute atomic E-state index is 13.5. The summed E-state index contributed by atoms with van der Waals surface area (Å²) in [5.41, 5.74) is 2.14. The molecule has 1 aliphatic carbocycles. The third-order valence-electron chi connectivity index (χ3n) is 4.98. The number of aromatic nitrogens is 2. The summed E-state index contributed by atoms with van der Waals surface area (Å²) in [5, 5.41) is 1.60. The number of fused-ring (bicyclic) bond motifs is 3. The van der Waals surface area contributed by atoms with Gasteiger partial charge in [0, 0.05) is 4.88 Å². The summed E-state index contributed by atoms with van der Waals surface area (Å²) >= 11 is 3.33. The molecule has 4 rings (SSSR count). The van der Waals surface area contributed by atoms with Crippen molar-refractivity contribution in [2.24, 2.45) is 5.92 Å². The van der Waals surface area contributed by atoms with E-state index in [1.165, 1.54) is 10.4 Å². The number of thiophene rings is 1. The largest absolute Gasteiger partial charge is 0.494 e. The van der Waals surface area contributed by atoms with Gasteiger partial charge in [-0.2, -0.15) is 0 Å². The van der Waals surface area contributed by atoms with E-state index in [0.717, 1.165) is 51.8 Å². The van der Waals surface area contributed by atoms with Gasteiger partial charge in [-0.25, -0.2) is 4.98 Å². The van der Waals surface area contributed by atoms with Gasteiger partial charge in [-0.15, -0.1) is 11.3 Å². The normalized spacial score (nSPS) is 16.5. The van der Waals surface area contributed by atoms with Gasteiger partial charge in [0.15, 0.2) is 5.16 Å². The molecule has 142 valence electrons. The van der Waals surface area contributed by atoms with Crippen molar-refractivity contribution >= 4 is 33.3 Å². The third kappa shape index (κ3) is 3.41. The van der Waals surface area contributed by atoms with E-state index in [9.17, 15) is 4.79 Å². The number of benzene rings is 1. The Kier molecular flexibility index (Phi) is 5.28. The van der Waals surface area contributed by atoms with Crippen LogP contribution in [-0.4, -0.2) is 21.9 Å². The summed E-state index contributed by atoms with van der Waals surface area (Å²) in [5.74, 6) is 2.37. The summed E-state index contributed by atoms with van der Waals surface area (Å²) in [6.45, 7) is 6.97. The molecule has 2 aromatic heterocycles. The smallest absolute Gasteiger partial charge is 0.267 e. The number of ether oxygens (including phenoxy) is 1. The van der Waals surface area contributed by atoms with Gasteiger partial charge < -0.3 is 4.74 Å². The average molecular weight is 401 g/mol. The van der Waals surface area contributed by atoms with Crippen molar-refractivity contribution in [2.45, 2.75) is 45.2 Å². The van der Waals surface area contributed by atoms with Crippen LogP contribution < -0.4 is 10.3 Å². The number of hydrogen-bond acceptors (Lipinski definition) is 5. The zero-order valence-corrected chi connectivity index (χ0v) is 17.6. The monoisotopic (exact) mass is 400 g/mol. The quantitative estimate of drug-likeness (QED) is 0.442. The molecule has 6 heteroatoms. The molecule has 3 aromatic rings. The summed E-state index contributed by atoms with van der Waals surface area (Å²) in [7, 11) is 0. The summed E-state index contributed by atoms with van der Waals surface area (Å²) in [4.78, 5) is 20.7. The highest BCUT2D eigenvalue weighted by molar-refractivity contribution is 7.99. The van der Waals surface area contributed by atoms with E-state index in [0.29, 0.717) is 12.5 Å². The molecule has 0 saturated heterocycles. The molecule has 0 aliphatic heterocycles. The van der Waals surface area contributed by atoms with E-state index in [2.05, 4.69) is 13.8 Å². The van der Waals surface area contributed by atoms with Gasteiger partial charge in [-0.05, 0) is 67.7 Å².